The van der Waals surface area contributed by atoms with E-state index in [-0.39, 0.29) is 25.5 Å². The third kappa shape index (κ3) is 6.31. The van der Waals surface area contributed by atoms with Gasteiger partial charge in [-0.2, -0.15) is 0 Å². The lowest BCUT2D eigenvalue weighted by Gasteiger charge is -2.28. The topological polar surface area (TPSA) is 131 Å². The molecule has 0 unspecified atom stereocenters. The van der Waals surface area contributed by atoms with Crippen molar-refractivity contribution < 1.29 is 19.4 Å². The quantitative estimate of drug-likeness (QED) is 0.345. The monoisotopic (exact) mass is 384 g/mol. The number of amides is 1. The number of carbonyl (C=O) groups is 2. The first-order valence-electron chi connectivity index (χ1n) is 8.82. The first-order chi connectivity index (χ1) is 13.5. The maximum atomic E-state index is 12.8. The fraction of sp³-hybridized carbons (Fsp3) is 0.250. The van der Waals surface area contributed by atoms with Crippen molar-refractivity contribution in [1.82, 2.24) is 0 Å². The van der Waals surface area contributed by atoms with Crippen molar-refractivity contribution in [3.63, 3.8) is 0 Å². The summed E-state index contributed by atoms with van der Waals surface area (Å²) in [5.74, 6) is -1.20. The molecule has 0 spiro atoms. The number of carbonyl (C=O) groups excluding carboxylic acids is 1. The van der Waals surface area contributed by atoms with Crippen LogP contribution in [-0.4, -0.2) is 35.7 Å². The fourth-order valence-corrected chi connectivity index (χ4v) is 2.65. The van der Waals surface area contributed by atoms with Crippen molar-refractivity contribution in [3.05, 3.63) is 66.2 Å². The number of carboxylic acids is 1. The number of benzene rings is 2. The van der Waals surface area contributed by atoms with Crippen LogP contribution in [0.4, 0.5) is 10.5 Å². The van der Waals surface area contributed by atoms with E-state index in [9.17, 15) is 14.7 Å². The van der Waals surface area contributed by atoms with Crippen molar-refractivity contribution in [2.45, 2.75) is 25.5 Å². The molecule has 0 aliphatic heterocycles. The second-order valence-electron chi connectivity index (χ2n) is 6.05. The molecule has 0 saturated carbocycles. The number of aliphatic carboxylic acids is 1. The van der Waals surface area contributed by atoms with Gasteiger partial charge in [-0.1, -0.05) is 48.5 Å². The molecular weight excluding hydrogens is 360 g/mol. The van der Waals surface area contributed by atoms with Crippen LogP contribution < -0.4 is 16.4 Å². The molecule has 0 fully saturated rings. The summed E-state index contributed by atoms with van der Waals surface area (Å²) in [7, 11) is 0. The van der Waals surface area contributed by atoms with Crippen molar-refractivity contribution >= 4 is 23.7 Å². The Balaban J connectivity index is 2.17. The Morgan fingerprint density at radius 3 is 2.21 bits per heavy atom. The Morgan fingerprint density at radius 2 is 1.64 bits per heavy atom. The molecule has 0 radical (unpaired) electrons. The van der Waals surface area contributed by atoms with Crippen LogP contribution in [0.1, 0.15) is 18.4 Å². The van der Waals surface area contributed by atoms with E-state index in [2.05, 4.69) is 4.99 Å². The number of ether oxygens (including phenoxy) is 1. The average Bonchev–Trinajstić information content (AvgIpc) is 2.69. The first-order valence-corrected chi connectivity index (χ1v) is 8.82. The lowest BCUT2D eigenvalue weighted by atomic mass is 10.1. The van der Waals surface area contributed by atoms with E-state index in [1.807, 2.05) is 30.3 Å². The molecule has 2 rings (SSSR count). The largest absolute Gasteiger partial charge is 0.480 e. The Kier molecular flexibility index (Phi) is 7.83. The Hall–Kier alpha value is -3.55. The standard InChI is InChI=1S/C20H24N4O4/c21-19(22)23-13-7-12-17(18(25)26)24(16-10-5-2-6-11-16)20(27)28-14-15-8-3-1-4-9-15/h1-6,8-11,17H,7,12-14H2,(H,25,26)(H4,21,22,23)/t17-/m0/s1. The van der Waals surface area contributed by atoms with Crippen molar-refractivity contribution in [1.29, 1.82) is 0 Å². The molecule has 0 bridgehead atoms. The van der Waals surface area contributed by atoms with Gasteiger partial charge in [0.15, 0.2) is 5.96 Å². The normalized spacial score (nSPS) is 11.3. The molecule has 0 aromatic heterocycles. The van der Waals surface area contributed by atoms with Crippen LogP contribution in [0.15, 0.2) is 65.7 Å². The molecule has 2 aromatic rings. The number of aliphatic imine (C=N–C) groups is 1. The Morgan fingerprint density at radius 1 is 1.04 bits per heavy atom. The van der Waals surface area contributed by atoms with Gasteiger partial charge in [-0.25, -0.2) is 9.59 Å². The molecule has 28 heavy (non-hydrogen) atoms. The molecule has 0 saturated heterocycles. The number of guanidine groups is 1. The molecule has 0 aliphatic carbocycles. The second-order valence-corrected chi connectivity index (χ2v) is 6.05. The van der Waals surface area contributed by atoms with E-state index < -0.39 is 18.1 Å². The van der Waals surface area contributed by atoms with Gasteiger partial charge >= 0.3 is 12.1 Å². The smallest absolute Gasteiger partial charge is 0.415 e. The number of nitrogens with two attached hydrogens (primary N) is 2. The predicted molar refractivity (Wildman–Crippen MR) is 107 cm³/mol. The summed E-state index contributed by atoms with van der Waals surface area (Å²) in [4.78, 5) is 29.7. The molecule has 2 aromatic carbocycles. The van der Waals surface area contributed by atoms with Crippen LogP contribution in [-0.2, 0) is 16.1 Å². The number of rotatable bonds is 9. The van der Waals surface area contributed by atoms with Crippen molar-refractivity contribution in [2.24, 2.45) is 16.5 Å². The van der Waals surface area contributed by atoms with Crippen molar-refractivity contribution in [3.8, 4) is 0 Å². The van der Waals surface area contributed by atoms with Crippen LogP contribution in [0, 0.1) is 0 Å². The molecule has 8 heteroatoms. The Bertz CT molecular complexity index is 792. The highest BCUT2D eigenvalue weighted by Crippen LogP contribution is 2.21. The number of carboxylic acid groups (broad SMARTS) is 1. The van der Waals surface area contributed by atoms with E-state index in [0.717, 1.165) is 10.5 Å². The fourth-order valence-electron chi connectivity index (χ4n) is 2.65. The zero-order valence-electron chi connectivity index (χ0n) is 15.4. The van der Waals surface area contributed by atoms with E-state index in [0.29, 0.717) is 12.1 Å². The summed E-state index contributed by atoms with van der Waals surface area (Å²) >= 11 is 0. The molecule has 0 heterocycles. The molecular formula is C20H24N4O4. The van der Waals surface area contributed by atoms with Gasteiger partial charge < -0.3 is 21.3 Å². The molecule has 1 atom stereocenters. The molecule has 8 nitrogen and oxygen atoms in total. The number of hydrogen-bond acceptors (Lipinski definition) is 4. The predicted octanol–water partition coefficient (Wildman–Crippen LogP) is 2.34. The van der Waals surface area contributed by atoms with Gasteiger partial charge in [0.1, 0.15) is 12.6 Å². The number of para-hydroxylation sites is 1. The minimum Gasteiger partial charge on any atom is -0.480 e. The summed E-state index contributed by atoms with van der Waals surface area (Å²) in [5, 5.41) is 9.71. The second kappa shape index (κ2) is 10.6. The third-order valence-electron chi connectivity index (χ3n) is 3.96. The summed E-state index contributed by atoms with van der Waals surface area (Å²) in [6.07, 6.45) is -0.171. The number of anilines is 1. The van der Waals surface area contributed by atoms with Crippen LogP contribution in [0.25, 0.3) is 0 Å². The highest BCUT2D eigenvalue weighted by Gasteiger charge is 2.31. The number of hydrogen-bond donors (Lipinski definition) is 3. The number of nitrogens with zero attached hydrogens (tertiary/aromatic N) is 2. The van der Waals surface area contributed by atoms with Gasteiger partial charge in [-0.3, -0.25) is 9.89 Å². The molecule has 1 amide bonds. The Labute approximate surface area is 163 Å². The molecule has 0 aliphatic rings. The molecule has 5 N–H and O–H groups in total. The maximum Gasteiger partial charge on any atom is 0.415 e. The molecule has 148 valence electrons. The van der Waals surface area contributed by atoms with Gasteiger partial charge in [0.05, 0.1) is 0 Å². The summed E-state index contributed by atoms with van der Waals surface area (Å²) in [6, 6.07) is 16.6. The van der Waals surface area contributed by atoms with Gasteiger partial charge in [-0.15, -0.1) is 0 Å². The van der Waals surface area contributed by atoms with Gasteiger partial charge in [0.25, 0.3) is 0 Å². The van der Waals surface area contributed by atoms with Crippen LogP contribution in [0.3, 0.4) is 0 Å². The minimum atomic E-state index is -1.13. The lowest BCUT2D eigenvalue weighted by Crippen LogP contribution is -2.45. The van der Waals surface area contributed by atoms with E-state index in [4.69, 9.17) is 16.2 Å². The van der Waals surface area contributed by atoms with Crippen LogP contribution >= 0.6 is 0 Å². The third-order valence-corrected chi connectivity index (χ3v) is 3.96. The summed E-state index contributed by atoms with van der Waals surface area (Å²) < 4.78 is 5.38. The van der Waals surface area contributed by atoms with E-state index in [1.54, 1.807) is 30.3 Å². The van der Waals surface area contributed by atoms with E-state index >= 15 is 0 Å². The maximum absolute atomic E-state index is 12.8. The minimum absolute atomic E-state index is 0.0450. The highest BCUT2D eigenvalue weighted by atomic mass is 16.6. The highest BCUT2D eigenvalue weighted by molar-refractivity contribution is 5.95. The zero-order valence-corrected chi connectivity index (χ0v) is 15.4. The summed E-state index contributed by atoms with van der Waals surface area (Å²) in [6.45, 7) is 0.317. The van der Waals surface area contributed by atoms with Crippen LogP contribution in [0.2, 0.25) is 0 Å². The summed E-state index contributed by atoms with van der Waals surface area (Å²) in [5.41, 5.74) is 11.8. The van der Waals surface area contributed by atoms with Gasteiger partial charge in [0.2, 0.25) is 0 Å². The lowest BCUT2D eigenvalue weighted by molar-refractivity contribution is -0.138. The van der Waals surface area contributed by atoms with Gasteiger partial charge in [-0.05, 0) is 30.5 Å². The zero-order chi connectivity index (χ0) is 20.4. The first kappa shape index (κ1) is 20.8. The SMILES string of the molecule is NC(N)=NCCC[C@@H](C(=O)O)N(C(=O)OCc1ccccc1)c1ccccc1. The average molecular weight is 384 g/mol. The van der Waals surface area contributed by atoms with Crippen molar-refractivity contribution in [2.75, 3.05) is 11.4 Å². The van der Waals surface area contributed by atoms with Gasteiger partial charge in [0, 0.05) is 12.2 Å². The van der Waals surface area contributed by atoms with Crippen LogP contribution in [0.5, 0.6) is 0 Å². The van der Waals surface area contributed by atoms with E-state index in [1.165, 1.54) is 0 Å².